The number of hydrogen-bond donors (Lipinski definition) is 1. The molecule has 30 heavy (non-hydrogen) atoms. The molecule has 1 saturated carbocycles. The lowest BCUT2D eigenvalue weighted by atomic mass is 10.2. The molecule has 3 aromatic rings. The molecule has 1 aliphatic carbocycles. The fourth-order valence-corrected chi connectivity index (χ4v) is 4.25. The number of anilines is 1. The highest BCUT2D eigenvalue weighted by atomic mass is 32.2. The van der Waals surface area contributed by atoms with Crippen molar-refractivity contribution < 1.29 is 9.53 Å². The predicted molar refractivity (Wildman–Crippen MR) is 120 cm³/mol. The minimum atomic E-state index is -0.0678. The van der Waals surface area contributed by atoms with Crippen molar-refractivity contribution in [3.63, 3.8) is 0 Å². The summed E-state index contributed by atoms with van der Waals surface area (Å²) in [5.74, 6) is 1.87. The second-order valence-corrected chi connectivity index (χ2v) is 8.56. The van der Waals surface area contributed by atoms with Gasteiger partial charge in [-0.15, -0.1) is 10.2 Å². The first kappa shape index (κ1) is 20.5. The van der Waals surface area contributed by atoms with E-state index < -0.39 is 0 Å². The van der Waals surface area contributed by atoms with Gasteiger partial charge in [0, 0.05) is 18.3 Å². The summed E-state index contributed by atoms with van der Waals surface area (Å²) in [6.07, 6.45) is 5.14. The van der Waals surface area contributed by atoms with Gasteiger partial charge in [0.15, 0.2) is 11.0 Å². The van der Waals surface area contributed by atoms with Gasteiger partial charge >= 0.3 is 0 Å². The molecule has 0 atom stereocenters. The van der Waals surface area contributed by atoms with Gasteiger partial charge in [-0.05, 0) is 69.0 Å². The lowest BCUT2D eigenvalue weighted by Gasteiger charge is -2.13. The molecule has 1 heterocycles. The van der Waals surface area contributed by atoms with Crippen LogP contribution >= 0.6 is 11.8 Å². The highest BCUT2D eigenvalue weighted by Gasteiger charge is 2.17. The molecule has 1 aliphatic rings. The summed E-state index contributed by atoms with van der Waals surface area (Å²) in [5, 5.41) is 12.2. The molecule has 0 saturated heterocycles. The molecular formula is C23H26N4O2S. The minimum Gasteiger partial charge on any atom is -0.490 e. The topological polar surface area (TPSA) is 69.0 Å². The second kappa shape index (κ2) is 9.34. The number of hydrogen-bond acceptors (Lipinski definition) is 5. The van der Waals surface area contributed by atoms with Gasteiger partial charge in [0.05, 0.1) is 11.9 Å². The van der Waals surface area contributed by atoms with Crippen molar-refractivity contribution in [1.29, 1.82) is 0 Å². The summed E-state index contributed by atoms with van der Waals surface area (Å²) >= 11 is 1.37. The predicted octanol–water partition coefficient (Wildman–Crippen LogP) is 4.84. The molecule has 1 aromatic heterocycles. The zero-order valence-electron chi connectivity index (χ0n) is 17.3. The number of carbonyl (C=O) groups is 1. The Kier molecular flexibility index (Phi) is 6.38. The van der Waals surface area contributed by atoms with Gasteiger partial charge in [0.2, 0.25) is 5.91 Å². The van der Waals surface area contributed by atoms with Gasteiger partial charge in [-0.25, -0.2) is 0 Å². The number of aromatic nitrogens is 3. The first-order valence-electron chi connectivity index (χ1n) is 10.2. The van der Waals surface area contributed by atoms with E-state index >= 15 is 0 Å². The molecule has 1 amide bonds. The van der Waals surface area contributed by atoms with Crippen molar-refractivity contribution >= 4 is 23.4 Å². The van der Waals surface area contributed by atoms with Gasteiger partial charge in [-0.1, -0.05) is 29.5 Å². The Morgan fingerprint density at radius 2 is 1.80 bits per heavy atom. The fraction of sp³-hybridized carbons (Fsp3) is 0.348. The van der Waals surface area contributed by atoms with Crippen LogP contribution in [0.3, 0.4) is 0 Å². The van der Waals surface area contributed by atoms with Crippen LogP contribution in [0.5, 0.6) is 5.75 Å². The van der Waals surface area contributed by atoms with Crippen LogP contribution in [0.1, 0.15) is 31.2 Å². The number of nitrogens with one attached hydrogen (secondary N) is 1. The molecule has 156 valence electrons. The maximum absolute atomic E-state index is 12.2. The van der Waals surface area contributed by atoms with Crippen LogP contribution in [0.25, 0.3) is 11.4 Å². The molecule has 0 spiro atoms. The van der Waals surface area contributed by atoms with Crippen molar-refractivity contribution in [3.8, 4) is 17.1 Å². The average molecular weight is 423 g/mol. The number of aryl methyl sites for hydroxylation is 1. The van der Waals surface area contributed by atoms with E-state index in [1.54, 1.807) is 0 Å². The van der Waals surface area contributed by atoms with Crippen molar-refractivity contribution in [2.45, 2.75) is 43.9 Å². The van der Waals surface area contributed by atoms with Crippen LogP contribution in [0.15, 0.2) is 53.7 Å². The third kappa shape index (κ3) is 5.02. The Bertz CT molecular complexity index is 993. The number of nitrogens with zero attached hydrogens (tertiary/aromatic N) is 3. The van der Waals surface area contributed by atoms with Crippen LogP contribution in [0.4, 0.5) is 5.69 Å². The van der Waals surface area contributed by atoms with E-state index in [9.17, 15) is 4.79 Å². The molecule has 0 aliphatic heterocycles. The Labute approximate surface area is 181 Å². The van der Waals surface area contributed by atoms with Crippen LogP contribution in [-0.2, 0) is 11.8 Å². The Morgan fingerprint density at radius 1 is 1.10 bits per heavy atom. The molecule has 0 unspecified atom stereocenters. The first-order chi connectivity index (χ1) is 14.6. The van der Waals surface area contributed by atoms with Crippen molar-refractivity contribution in [3.05, 3.63) is 54.1 Å². The van der Waals surface area contributed by atoms with Crippen LogP contribution in [-0.4, -0.2) is 32.5 Å². The molecular weight excluding hydrogens is 396 g/mol. The maximum atomic E-state index is 12.2. The van der Waals surface area contributed by atoms with Gasteiger partial charge in [0.25, 0.3) is 0 Å². The normalized spacial score (nSPS) is 14.1. The summed E-state index contributed by atoms with van der Waals surface area (Å²) < 4.78 is 7.94. The third-order valence-corrected chi connectivity index (χ3v) is 6.24. The fourth-order valence-electron chi connectivity index (χ4n) is 3.54. The Hall–Kier alpha value is -2.80. The zero-order valence-corrected chi connectivity index (χ0v) is 18.1. The molecule has 2 aromatic carbocycles. The van der Waals surface area contributed by atoms with E-state index in [0.717, 1.165) is 41.2 Å². The van der Waals surface area contributed by atoms with E-state index in [-0.39, 0.29) is 11.7 Å². The van der Waals surface area contributed by atoms with E-state index in [1.807, 2.05) is 67.1 Å². The molecule has 0 bridgehead atoms. The highest BCUT2D eigenvalue weighted by molar-refractivity contribution is 7.99. The van der Waals surface area contributed by atoms with Crippen LogP contribution in [0.2, 0.25) is 0 Å². The smallest absolute Gasteiger partial charge is 0.234 e. The van der Waals surface area contributed by atoms with E-state index in [2.05, 4.69) is 15.5 Å². The third-order valence-electron chi connectivity index (χ3n) is 5.22. The first-order valence-corrected chi connectivity index (χ1v) is 11.2. The lowest BCUT2D eigenvalue weighted by molar-refractivity contribution is -0.113. The SMILES string of the molecule is Cc1ccc(NC(=O)CSc2nnc(-c3ccc(OC4CCCC4)cc3)n2C)cc1. The highest BCUT2D eigenvalue weighted by Crippen LogP contribution is 2.27. The number of thioether (sulfide) groups is 1. The second-order valence-electron chi connectivity index (χ2n) is 7.62. The molecule has 4 rings (SSSR count). The van der Waals surface area contributed by atoms with E-state index in [4.69, 9.17) is 4.74 Å². The van der Waals surface area contributed by atoms with Gasteiger partial charge in [-0.3, -0.25) is 4.79 Å². The quantitative estimate of drug-likeness (QED) is 0.552. The summed E-state index contributed by atoms with van der Waals surface area (Å²) in [5.41, 5.74) is 2.93. The summed E-state index contributed by atoms with van der Waals surface area (Å²) in [7, 11) is 1.92. The van der Waals surface area contributed by atoms with Gasteiger partial charge in [0.1, 0.15) is 5.75 Å². The minimum absolute atomic E-state index is 0.0678. The molecule has 6 nitrogen and oxygen atoms in total. The zero-order chi connectivity index (χ0) is 20.9. The Morgan fingerprint density at radius 3 is 2.50 bits per heavy atom. The van der Waals surface area contributed by atoms with Crippen LogP contribution in [0, 0.1) is 6.92 Å². The molecule has 1 fully saturated rings. The standard InChI is InChI=1S/C23H26N4O2S/c1-16-7-11-18(12-8-16)24-21(28)15-30-23-26-25-22(27(23)2)17-9-13-20(14-10-17)29-19-5-3-4-6-19/h7-14,19H,3-6,15H2,1-2H3,(H,24,28). The summed E-state index contributed by atoms with van der Waals surface area (Å²) in [6, 6.07) is 15.7. The number of benzene rings is 2. The average Bonchev–Trinajstić information content (AvgIpc) is 3.39. The summed E-state index contributed by atoms with van der Waals surface area (Å²) in [6.45, 7) is 2.02. The maximum Gasteiger partial charge on any atom is 0.234 e. The van der Waals surface area contributed by atoms with Crippen molar-refractivity contribution in [1.82, 2.24) is 14.8 Å². The number of rotatable bonds is 7. The molecule has 0 radical (unpaired) electrons. The summed E-state index contributed by atoms with van der Waals surface area (Å²) in [4.78, 5) is 12.2. The van der Waals surface area contributed by atoms with Crippen molar-refractivity contribution in [2.75, 3.05) is 11.1 Å². The number of amides is 1. The molecule has 7 heteroatoms. The van der Waals surface area contributed by atoms with Gasteiger partial charge in [-0.2, -0.15) is 0 Å². The van der Waals surface area contributed by atoms with E-state index in [1.165, 1.54) is 24.6 Å². The largest absolute Gasteiger partial charge is 0.490 e. The van der Waals surface area contributed by atoms with Crippen molar-refractivity contribution in [2.24, 2.45) is 7.05 Å². The monoisotopic (exact) mass is 422 g/mol. The van der Waals surface area contributed by atoms with Crippen LogP contribution < -0.4 is 10.1 Å². The van der Waals surface area contributed by atoms with Gasteiger partial charge < -0.3 is 14.6 Å². The van der Waals surface area contributed by atoms with E-state index in [0.29, 0.717) is 11.3 Å². The lowest BCUT2D eigenvalue weighted by Crippen LogP contribution is -2.14. The molecule has 1 N–H and O–H groups in total. The number of carbonyl (C=O) groups excluding carboxylic acids is 1. The number of ether oxygens (including phenoxy) is 1. The Balaban J connectivity index is 1.35.